The summed E-state index contributed by atoms with van der Waals surface area (Å²) in [5.74, 6) is -0.867. The number of nitrogens with one attached hydrogen (secondary N) is 2. The second-order valence-electron chi connectivity index (χ2n) is 6.99. The molecule has 0 saturated heterocycles. The Kier molecular flexibility index (Phi) is 5.47. The number of H-pyrrole nitrogens is 1. The van der Waals surface area contributed by atoms with E-state index < -0.39 is 15.8 Å². The van der Waals surface area contributed by atoms with Crippen LogP contribution < -0.4 is 4.72 Å². The molecule has 0 radical (unpaired) electrons. The van der Waals surface area contributed by atoms with Crippen molar-refractivity contribution in [1.29, 1.82) is 0 Å². The summed E-state index contributed by atoms with van der Waals surface area (Å²) in [6.45, 7) is 0.212. The van der Waals surface area contributed by atoms with Crippen molar-refractivity contribution in [3.63, 3.8) is 0 Å². The number of rotatable bonds is 7. The van der Waals surface area contributed by atoms with Gasteiger partial charge in [0, 0.05) is 29.6 Å². The van der Waals surface area contributed by atoms with Crippen LogP contribution >= 0.6 is 0 Å². The van der Waals surface area contributed by atoms with E-state index in [1.54, 1.807) is 6.07 Å². The molecule has 1 aromatic heterocycles. The summed E-state index contributed by atoms with van der Waals surface area (Å²) in [6, 6.07) is 23.4. The summed E-state index contributed by atoms with van der Waals surface area (Å²) in [4.78, 5) is 3.26. The number of sulfonamides is 1. The number of halogens is 1. The van der Waals surface area contributed by atoms with Crippen molar-refractivity contribution < 1.29 is 12.8 Å². The summed E-state index contributed by atoms with van der Waals surface area (Å²) in [5.41, 5.74) is 3.47. The van der Waals surface area contributed by atoms with Gasteiger partial charge in [0.05, 0.1) is 5.75 Å². The van der Waals surface area contributed by atoms with Gasteiger partial charge in [-0.15, -0.1) is 0 Å². The van der Waals surface area contributed by atoms with Crippen molar-refractivity contribution in [1.82, 2.24) is 9.71 Å². The van der Waals surface area contributed by atoms with Gasteiger partial charge in [0.1, 0.15) is 5.82 Å². The van der Waals surface area contributed by atoms with Gasteiger partial charge in [-0.1, -0.05) is 60.7 Å². The number of hydrogen-bond donors (Lipinski definition) is 2. The molecule has 2 N–H and O–H groups in total. The van der Waals surface area contributed by atoms with Gasteiger partial charge in [0.2, 0.25) is 10.0 Å². The van der Waals surface area contributed by atoms with Gasteiger partial charge in [-0.05, 0) is 34.9 Å². The number of aromatic nitrogens is 1. The maximum Gasteiger partial charge on any atom is 0.215 e. The molecule has 1 atom stereocenters. The third kappa shape index (κ3) is 4.55. The van der Waals surface area contributed by atoms with Crippen LogP contribution in [0.15, 0.2) is 85.1 Å². The number of fused-ring (bicyclic) bond motifs is 1. The lowest BCUT2D eigenvalue weighted by Crippen LogP contribution is -2.30. The molecule has 1 heterocycles. The third-order valence-corrected chi connectivity index (χ3v) is 6.27. The van der Waals surface area contributed by atoms with Crippen LogP contribution in [0.1, 0.15) is 22.6 Å². The molecule has 0 aliphatic rings. The number of hydrogen-bond acceptors (Lipinski definition) is 2. The van der Waals surface area contributed by atoms with Gasteiger partial charge in [0.15, 0.2) is 0 Å². The smallest absolute Gasteiger partial charge is 0.215 e. The van der Waals surface area contributed by atoms with E-state index in [4.69, 9.17) is 0 Å². The zero-order valence-electron chi connectivity index (χ0n) is 15.7. The highest BCUT2D eigenvalue weighted by Crippen LogP contribution is 2.30. The molecule has 1 unspecified atom stereocenters. The zero-order chi connectivity index (χ0) is 20.3. The molecule has 0 bridgehead atoms. The van der Waals surface area contributed by atoms with E-state index in [0.29, 0.717) is 5.56 Å². The predicted molar refractivity (Wildman–Crippen MR) is 114 cm³/mol. The summed E-state index contributed by atoms with van der Waals surface area (Å²) in [6.07, 6.45) is 1.93. The van der Waals surface area contributed by atoms with Gasteiger partial charge >= 0.3 is 0 Å². The molecule has 0 saturated carbocycles. The molecular formula is C23H21FN2O2S. The topological polar surface area (TPSA) is 62.0 Å². The molecule has 29 heavy (non-hydrogen) atoms. The average molecular weight is 408 g/mol. The normalized spacial score (nSPS) is 12.9. The first kappa shape index (κ1) is 19.4. The largest absolute Gasteiger partial charge is 0.361 e. The van der Waals surface area contributed by atoms with Gasteiger partial charge in [-0.25, -0.2) is 17.5 Å². The minimum absolute atomic E-state index is 0.158. The molecule has 0 amide bonds. The molecule has 0 aliphatic heterocycles. The summed E-state index contributed by atoms with van der Waals surface area (Å²) >= 11 is 0. The van der Waals surface area contributed by atoms with Gasteiger partial charge < -0.3 is 4.98 Å². The fourth-order valence-corrected chi connectivity index (χ4v) is 4.72. The van der Waals surface area contributed by atoms with E-state index in [1.807, 2.05) is 60.8 Å². The zero-order valence-corrected chi connectivity index (χ0v) is 16.5. The van der Waals surface area contributed by atoms with E-state index in [2.05, 4.69) is 9.71 Å². The van der Waals surface area contributed by atoms with E-state index >= 15 is 0 Å². The average Bonchev–Trinajstić information content (AvgIpc) is 3.13. The van der Waals surface area contributed by atoms with Crippen LogP contribution in [0.4, 0.5) is 4.39 Å². The van der Waals surface area contributed by atoms with E-state index in [1.165, 1.54) is 18.2 Å². The molecular weight excluding hydrogens is 387 g/mol. The predicted octanol–water partition coefficient (Wildman–Crippen LogP) is 4.56. The summed E-state index contributed by atoms with van der Waals surface area (Å²) in [7, 11) is -3.63. The van der Waals surface area contributed by atoms with Gasteiger partial charge in [-0.3, -0.25) is 0 Å². The standard InChI is InChI=1S/C23H21FN2O2S/c24-19-10-6-7-17(13-19)16-29(27,28)26-15-21(18-8-2-1-3-9-18)22-14-25-23-12-5-4-11-20(22)23/h1-14,21,25-26H,15-16H2. The molecule has 0 fully saturated rings. The first-order chi connectivity index (χ1) is 14.0. The molecule has 0 spiro atoms. The number of aromatic amines is 1. The van der Waals surface area contributed by atoms with Gasteiger partial charge in [0.25, 0.3) is 0 Å². The van der Waals surface area contributed by atoms with Crippen LogP contribution in [0.25, 0.3) is 10.9 Å². The minimum Gasteiger partial charge on any atom is -0.361 e. The highest BCUT2D eigenvalue weighted by Gasteiger charge is 2.21. The molecule has 4 rings (SSSR count). The van der Waals surface area contributed by atoms with Crippen molar-refractivity contribution in [3.8, 4) is 0 Å². The Morgan fingerprint density at radius 1 is 0.931 bits per heavy atom. The monoisotopic (exact) mass is 408 g/mol. The Hall–Kier alpha value is -2.96. The first-order valence-electron chi connectivity index (χ1n) is 9.34. The van der Waals surface area contributed by atoms with Crippen LogP contribution in [0, 0.1) is 5.82 Å². The van der Waals surface area contributed by atoms with Crippen LogP contribution in [0.2, 0.25) is 0 Å². The Labute approximate surface area is 169 Å². The van der Waals surface area contributed by atoms with Crippen molar-refractivity contribution in [2.45, 2.75) is 11.7 Å². The van der Waals surface area contributed by atoms with Crippen molar-refractivity contribution in [2.75, 3.05) is 6.54 Å². The highest BCUT2D eigenvalue weighted by molar-refractivity contribution is 7.88. The quantitative estimate of drug-likeness (QED) is 0.471. The summed E-state index contributed by atoms with van der Waals surface area (Å²) in [5, 5.41) is 1.06. The third-order valence-electron chi connectivity index (χ3n) is 4.95. The van der Waals surface area contributed by atoms with Crippen LogP contribution in [-0.4, -0.2) is 19.9 Å². The van der Waals surface area contributed by atoms with Crippen LogP contribution in [0.5, 0.6) is 0 Å². The van der Waals surface area contributed by atoms with Crippen molar-refractivity contribution >= 4 is 20.9 Å². The SMILES string of the molecule is O=S(=O)(Cc1cccc(F)c1)NCC(c1ccccc1)c1c[nH]c2ccccc12. The lowest BCUT2D eigenvalue weighted by atomic mass is 9.91. The van der Waals surface area contributed by atoms with E-state index in [9.17, 15) is 12.8 Å². The fourth-order valence-electron chi connectivity index (χ4n) is 3.58. The Morgan fingerprint density at radius 2 is 1.69 bits per heavy atom. The highest BCUT2D eigenvalue weighted by atomic mass is 32.2. The molecule has 4 nitrogen and oxygen atoms in total. The van der Waals surface area contributed by atoms with E-state index in [0.717, 1.165) is 22.0 Å². The molecule has 6 heteroatoms. The van der Waals surface area contributed by atoms with Crippen LogP contribution in [0.3, 0.4) is 0 Å². The second kappa shape index (κ2) is 8.19. The lowest BCUT2D eigenvalue weighted by Gasteiger charge is -2.18. The fraction of sp³-hybridized carbons (Fsp3) is 0.130. The molecule has 148 valence electrons. The van der Waals surface area contributed by atoms with Crippen molar-refractivity contribution in [3.05, 3.63) is 108 Å². The maximum atomic E-state index is 13.4. The molecule has 3 aromatic carbocycles. The van der Waals surface area contributed by atoms with E-state index in [-0.39, 0.29) is 18.2 Å². The van der Waals surface area contributed by atoms with Crippen LogP contribution in [-0.2, 0) is 15.8 Å². The first-order valence-corrected chi connectivity index (χ1v) is 11.0. The summed E-state index contributed by atoms with van der Waals surface area (Å²) < 4.78 is 41.4. The lowest BCUT2D eigenvalue weighted by molar-refractivity contribution is 0.576. The Morgan fingerprint density at radius 3 is 2.48 bits per heavy atom. The second-order valence-corrected chi connectivity index (χ2v) is 8.80. The Bertz CT molecular complexity index is 1220. The number of para-hydroxylation sites is 1. The Balaban J connectivity index is 1.61. The number of benzene rings is 3. The molecule has 0 aliphatic carbocycles. The minimum atomic E-state index is -3.63. The van der Waals surface area contributed by atoms with Gasteiger partial charge in [-0.2, -0.15) is 0 Å². The maximum absolute atomic E-state index is 13.4. The molecule has 4 aromatic rings. The van der Waals surface area contributed by atoms with Crippen molar-refractivity contribution in [2.24, 2.45) is 0 Å².